The third-order valence-corrected chi connectivity index (χ3v) is 11.7. The van der Waals surface area contributed by atoms with Gasteiger partial charge in [-0.2, -0.15) is 0 Å². The number of para-hydroxylation sites is 1. The average molecular weight is 706 g/mol. The molecule has 0 fully saturated rings. The second-order valence-corrected chi connectivity index (χ2v) is 14.8. The molecule has 10 rings (SSSR count). The van der Waals surface area contributed by atoms with Crippen molar-refractivity contribution in [2.45, 2.75) is 0 Å². The molecule has 0 saturated carbocycles. The molecule has 0 unspecified atom stereocenters. The lowest BCUT2D eigenvalue weighted by Crippen LogP contribution is -2.11. The lowest BCUT2D eigenvalue weighted by atomic mass is 9.99. The molecule has 254 valence electrons. The summed E-state index contributed by atoms with van der Waals surface area (Å²) in [6.07, 6.45) is 0. The summed E-state index contributed by atoms with van der Waals surface area (Å²) in [4.78, 5) is 2.38. The predicted octanol–water partition coefficient (Wildman–Crippen LogP) is 15.3. The van der Waals surface area contributed by atoms with Gasteiger partial charge in [0.1, 0.15) is 0 Å². The van der Waals surface area contributed by atoms with Gasteiger partial charge in [0.05, 0.1) is 5.69 Å². The highest BCUT2D eigenvalue weighted by molar-refractivity contribution is 7.26. The molecule has 0 spiro atoms. The lowest BCUT2D eigenvalue weighted by molar-refractivity contribution is 1.28. The number of benzene rings is 9. The smallest absolute Gasteiger partial charge is 0.0540 e. The number of nitrogens with zero attached hydrogens (tertiary/aromatic N) is 1. The first-order valence-electron chi connectivity index (χ1n) is 18.4. The maximum Gasteiger partial charge on any atom is 0.0540 e. The maximum absolute atomic E-state index is 2.38. The first kappa shape index (κ1) is 32.0. The molecule has 1 nitrogen and oxygen atoms in total. The summed E-state index contributed by atoms with van der Waals surface area (Å²) in [5, 5.41) is 5.27. The lowest BCUT2D eigenvalue weighted by Gasteiger charge is -2.28. The highest BCUT2D eigenvalue weighted by atomic mass is 32.1. The monoisotopic (exact) mass is 705 g/mol. The van der Waals surface area contributed by atoms with Crippen LogP contribution in [-0.4, -0.2) is 0 Å². The van der Waals surface area contributed by atoms with Gasteiger partial charge in [-0.3, -0.25) is 0 Å². The Balaban J connectivity index is 1.02. The molecule has 2 heteroatoms. The van der Waals surface area contributed by atoms with Crippen molar-refractivity contribution in [2.75, 3.05) is 4.90 Å². The number of hydrogen-bond donors (Lipinski definition) is 0. The molecule has 0 amide bonds. The van der Waals surface area contributed by atoms with E-state index in [4.69, 9.17) is 0 Å². The van der Waals surface area contributed by atoms with Gasteiger partial charge in [-0.15, -0.1) is 11.3 Å². The van der Waals surface area contributed by atoms with E-state index in [1.807, 2.05) is 11.3 Å². The molecule has 1 aromatic heterocycles. The fourth-order valence-electron chi connectivity index (χ4n) is 7.73. The zero-order chi connectivity index (χ0) is 35.8. The summed E-state index contributed by atoms with van der Waals surface area (Å²) in [7, 11) is 0. The fraction of sp³-hybridized carbons (Fsp3) is 0. The second kappa shape index (κ2) is 13.7. The van der Waals surface area contributed by atoms with Crippen molar-refractivity contribution in [3.8, 4) is 44.5 Å². The number of anilines is 3. The Hall–Kier alpha value is -6.74. The van der Waals surface area contributed by atoms with Gasteiger partial charge in [0.25, 0.3) is 0 Å². The van der Waals surface area contributed by atoms with Gasteiger partial charge in [0.2, 0.25) is 0 Å². The Bertz CT molecular complexity index is 2890. The van der Waals surface area contributed by atoms with E-state index in [1.54, 1.807) is 0 Å². The molecule has 54 heavy (non-hydrogen) atoms. The van der Waals surface area contributed by atoms with Gasteiger partial charge in [-0.1, -0.05) is 176 Å². The van der Waals surface area contributed by atoms with Crippen LogP contribution in [0.2, 0.25) is 0 Å². The Labute approximate surface area is 319 Å². The van der Waals surface area contributed by atoms with E-state index in [2.05, 4.69) is 217 Å². The molecule has 0 N–H and O–H groups in total. The summed E-state index contributed by atoms with van der Waals surface area (Å²) in [5.41, 5.74) is 13.0. The summed E-state index contributed by atoms with van der Waals surface area (Å²) in [6, 6.07) is 77.0. The van der Waals surface area contributed by atoms with E-state index in [0.29, 0.717) is 0 Å². The zero-order valence-corrected chi connectivity index (χ0v) is 30.4. The van der Waals surface area contributed by atoms with Crippen molar-refractivity contribution < 1.29 is 0 Å². The number of rotatable bonds is 7. The van der Waals surface area contributed by atoms with Crippen molar-refractivity contribution in [2.24, 2.45) is 0 Å². The molecule has 9 aromatic carbocycles. The Kier molecular flexibility index (Phi) is 8.09. The van der Waals surface area contributed by atoms with Gasteiger partial charge in [-0.25, -0.2) is 0 Å². The first-order chi connectivity index (χ1) is 26.8. The van der Waals surface area contributed by atoms with Gasteiger partial charge in [0, 0.05) is 37.1 Å². The Morgan fingerprint density at radius 1 is 0.315 bits per heavy atom. The number of hydrogen-bond acceptors (Lipinski definition) is 2. The van der Waals surface area contributed by atoms with E-state index in [-0.39, 0.29) is 0 Å². The van der Waals surface area contributed by atoms with E-state index in [1.165, 1.54) is 75.5 Å². The molecule has 0 atom stereocenters. The van der Waals surface area contributed by atoms with Crippen LogP contribution >= 0.6 is 11.3 Å². The third kappa shape index (κ3) is 5.84. The molecule has 0 aliphatic rings. The van der Waals surface area contributed by atoms with Crippen LogP contribution in [0.15, 0.2) is 212 Å². The van der Waals surface area contributed by atoms with Crippen LogP contribution in [0.25, 0.3) is 75.5 Å². The normalized spacial score (nSPS) is 11.3. The highest BCUT2D eigenvalue weighted by Crippen LogP contribution is 2.43. The van der Waals surface area contributed by atoms with Crippen molar-refractivity contribution in [3.05, 3.63) is 212 Å². The van der Waals surface area contributed by atoms with Crippen molar-refractivity contribution >= 4 is 59.3 Å². The zero-order valence-electron chi connectivity index (χ0n) is 29.6. The summed E-state index contributed by atoms with van der Waals surface area (Å²) in [6.45, 7) is 0. The average Bonchev–Trinajstić information content (AvgIpc) is 3.64. The number of fused-ring (bicyclic) bond motifs is 5. The van der Waals surface area contributed by atoms with Crippen LogP contribution < -0.4 is 4.90 Å². The molecule has 0 aliphatic heterocycles. The molecular weight excluding hydrogens is 671 g/mol. The minimum atomic E-state index is 1.11. The summed E-state index contributed by atoms with van der Waals surface area (Å²) in [5.74, 6) is 0. The standard InChI is InChI=1S/C52H35NS/c1-3-11-36(12-4-1)37-19-21-38(22-20-37)39-23-29-44(30-24-39)53(50-18-10-9-16-46(50)41-13-5-2-6-14-41)45-31-25-40(26-32-45)43-28-33-48-49-34-27-42-15-7-8-17-47(42)52(49)54-51(48)35-43/h1-35H. The fourth-order valence-corrected chi connectivity index (χ4v) is 9.01. The first-order valence-corrected chi connectivity index (χ1v) is 19.2. The van der Waals surface area contributed by atoms with Crippen LogP contribution in [-0.2, 0) is 0 Å². The van der Waals surface area contributed by atoms with E-state index >= 15 is 0 Å². The van der Waals surface area contributed by atoms with Gasteiger partial charge in [0.15, 0.2) is 0 Å². The molecule has 0 aliphatic carbocycles. The van der Waals surface area contributed by atoms with Crippen LogP contribution in [0, 0.1) is 0 Å². The second-order valence-electron chi connectivity index (χ2n) is 13.7. The van der Waals surface area contributed by atoms with Crippen molar-refractivity contribution in [1.29, 1.82) is 0 Å². The molecule has 10 aromatic rings. The van der Waals surface area contributed by atoms with Crippen molar-refractivity contribution in [3.63, 3.8) is 0 Å². The quantitative estimate of drug-likeness (QED) is 0.160. The third-order valence-electron chi connectivity index (χ3n) is 10.5. The molecule has 0 radical (unpaired) electrons. The SMILES string of the molecule is c1ccc(-c2ccc(-c3ccc(N(c4ccc(-c5ccc6c(c5)sc5c7ccccc7ccc65)cc4)c4ccccc4-c4ccccc4)cc3)cc2)cc1. The van der Waals surface area contributed by atoms with Crippen LogP contribution in [0.5, 0.6) is 0 Å². The van der Waals surface area contributed by atoms with Gasteiger partial charge >= 0.3 is 0 Å². The van der Waals surface area contributed by atoms with E-state index < -0.39 is 0 Å². The Morgan fingerprint density at radius 3 is 1.46 bits per heavy atom. The summed E-state index contributed by atoms with van der Waals surface area (Å²) >= 11 is 1.89. The van der Waals surface area contributed by atoms with Crippen molar-refractivity contribution in [1.82, 2.24) is 0 Å². The largest absolute Gasteiger partial charge is 0.310 e. The molecular formula is C52H35NS. The maximum atomic E-state index is 2.38. The summed E-state index contributed by atoms with van der Waals surface area (Å²) < 4.78 is 2.68. The molecule has 0 bridgehead atoms. The van der Waals surface area contributed by atoms with Gasteiger partial charge < -0.3 is 4.90 Å². The van der Waals surface area contributed by atoms with E-state index in [0.717, 1.165) is 17.1 Å². The van der Waals surface area contributed by atoms with Crippen LogP contribution in [0.1, 0.15) is 0 Å². The van der Waals surface area contributed by atoms with Gasteiger partial charge in [-0.05, 0) is 86.1 Å². The molecule has 0 saturated heterocycles. The topological polar surface area (TPSA) is 3.24 Å². The highest BCUT2D eigenvalue weighted by Gasteiger charge is 2.18. The van der Waals surface area contributed by atoms with Crippen LogP contribution in [0.3, 0.4) is 0 Å². The number of thiophene rings is 1. The Morgan fingerprint density at radius 2 is 0.796 bits per heavy atom. The predicted molar refractivity (Wildman–Crippen MR) is 233 cm³/mol. The van der Waals surface area contributed by atoms with Crippen LogP contribution in [0.4, 0.5) is 17.1 Å². The minimum absolute atomic E-state index is 1.11. The van der Waals surface area contributed by atoms with E-state index in [9.17, 15) is 0 Å². The minimum Gasteiger partial charge on any atom is -0.310 e. The molecule has 1 heterocycles.